The maximum Gasteiger partial charge on any atom is 0.164 e. The Bertz CT molecular complexity index is 2880. The molecule has 7 aromatic carbocycles. The molecule has 0 aliphatic carbocycles. The molecule has 0 aliphatic rings. The summed E-state index contributed by atoms with van der Waals surface area (Å²) in [5.74, 6) is 1.91. The second kappa shape index (κ2) is 13.8. The van der Waals surface area contributed by atoms with Crippen LogP contribution in [0, 0.1) is 0 Å². The van der Waals surface area contributed by atoms with Gasteiger partial charge in [-0.1, -0.05) is 188 Å². The molecule has 0 unspecified atom stereocenters. The highest BCUT2D eigenvalue weighted by molar-refractivity contribution is 6.08. The first-order chi connectivity index (χ1) is 27.3. The molecule has 5 nitrogen and oxygen atoms in total. The number of pyridine rings is 1. The van der Waals surface area contributed by atoms with Crippen LogP contribution in [0.4, 0.5) is 0 Å². The van der Waals surface area contributed by atoms with Crippen LogP contribution in [0.2, 0.25) is 0 Å². The summed E-state index contributed by atoms with van der Waals surface area (Å²) in [5, 5.41) is 7.75. The number of rotatable bonds is 7. The molecule has 10 aromatic rings. The zero-order chi connectivity index (χ0) is 36.6. The topological polar surface area (TPSA) is 56.0 Å². The highest BCUT2D eigenvalue weighted by Crippen LogP contribution is 2.41. The van der Waals surface area contributed by atoms with Gasteiger partial charge in [-0.2, -0.15) is 5.10 Å². The predicted octanol–water partition coefficient (Wildman–Crippen LogP) is 12.3. The average molecular weight is 704 g/mol. The summed E-state index contributed by atoms with van der Waals surface area (Å²) in [6.45, 7) is 0. The zero-order valence-electron chi connectivity index (χ0n) is 29.8. The van der Waals surface area contributed by atoms with Crippen molar-refractivity contribution >= 4 is 16.3 Å². The quantitative estimate of drug-likeness (QED) is 0.166. The van der Waals surface area contributed by atoms with Gasteiger partial charge in [-0.15, -0.1) is 0 Å². The molecule has 5 heteroatoms. The standard InChI is InChI=1S/C50H33N5/c1-5-16-35(17-6-1)44-33-41-24-13-14-27-43(41)47-45(36-18-7-2-8-19-36)46(54-55(44)47)37-30-28-34(29-31-37)40-25-15-26-42(32-40)50-52-48(38-20-9-3-10-21-38)51-49(53-50)39-22-11-4-12-23-39/h1-33H. The monoisotopic (exact) mass is 703 g/mol. The number of nitrogens with zero attached hydrogens (tertiary/aromatic N) is 5. The van der Waals surface area contributed by atoms with Crippen LogP contribution in [0.3, 0.4) is 0 Å². The average Bonchev–Trinajstić information content (AvgIpc) is 3.68. The summed E-state index contributed by atoms with van der Waals surface area (Å²) < 4.78 is 2.13. The van der Waals surface area contributed by atoms with Crippen molar-refractivity contribution in [2.24, 2.45) is 0 Å². The highest BCUT2D eigenvalue weighted by Gasteiger charge is 2.21. The van der Waals surface area contributed by atoms with Crippen molar-refractivity contribution in [3.05, 3.63) is 200 Å². The van der Waals surface area contributed by atoms with Crippen LogP contribution in [0.1, 0.15) is 0 Å². The van der Waals surface area contributed by atoms with Crippen molar-refractivity contribution in [3.8, 4) is 78.9 Å². The minimum atomic E-state index is 0.629. The van der Waals surface area contributed by atoms with E-state index in [-0.39, 0.29) is 0 Å². The molecule has 0 fully saturated rings. The van der Waals surface area contributed by atoms with Crippen LogP contribution >= 0.6 is 0 Å². The van der Waals surface area contributed by atoms with Crippen LogP contribution in [0.25, 0.3) is 95.2 Å². The number of aromatic nitrogens is 5. The van der Waals surface area contributed by atoms with Crippen molar-refractivity contribution in [2.75, 3.05) is 0 Å². The fraction of sp³-hybridized carbons (Fsp3) is 0. The van der Waals surface area contributed by atoms with Gasteiger partial charge < -0.3 is 0 Å². The van der Waals surface area contributed by atoms with Crippen LogP contribution in [0.15, 0.2) is 200 Å². The smallest absolute Gasteiger partial charge is 0.164 e. The first kappa shape index (κ1) is 32.2. The molecule has 0 aliphatic heterocycles. The van der Waals surface area contributed by atoms with E-state index < -0.39 is 0 Å². The number of benzene rings is 7. The third kappa shape index (κ3) is 6.04. The van der Waals surface area contributed by atoms with Crippen molar-refractivity contribution in [1.82, 2.24) is 24.6 Å². The number of fused-ring (bicyclic) bond motifs is 3. The third-order valence-electron chi connectivity index (χ3n) is 10.1. The van der Waals surface area contributed by atoms with E-state index in [1.165, 1.54) is 5.39 Å². The van der Waals surface area contributed by atoms with E-state index in [0.29, 0.717) is 17.5 Å². The lowest BCUT2D eigenvalue weighted by atomic mass is 9.95. The molecule has 258 valence electrons. The highest BCUT2D eigenvalue weighted by atomic mass is 15.2. The molecule has 3 heterocycles. The molecule has 3 aromatic heterocycles. The molecule has 0 atom stereocenters. The lowest BCUT2D eigenvalue weighted by Crippen LogP contribution is -2.00. The van der Waals surface area contributed by atoms with E-state index in [1.807, 2.05) is 60.7 Å². The van der Waals surface area contributed by atoms with Crippen molar-refractivity contribution in [1.29, 1.82) is 0 Å². The Morgan fingerprint density at radius 1 is 0.327 bits per heavy atom. The van der Waals surface area contributed by atoms with Gasteiger partial charge in [0.1, 0.15) is 5.69 Å². The van der Waals surface area contributed by atoms with Gasteiger partial charge in [-0.05, 0) is 34.2 Å². The van der Waals surface area contributed by atoms with Crippen LogP contribution in [0.5, 0.6) is 0 Å². The lowest BCUT2D eigenvalue weighted by molar-refractivity contribution is 0.979. The molecule has 0 spiro atoms. The molecule has 10 rings (SSSR count). The van der Waals surface area contributed by atoms with Crippen LogP contribution in [-0.2, 0) is 0 Å². The fourth-order valence-corrected chi connectivity index (χ4v) is 7.38. The van der Waals surface area contributed by atoms with E-state index in [0.717, 1.165) is 72.4 Å². The van der Waals surface area contributed by atoms with E-state index in [9.17, 15) is 0 Å². The number of hydrogen-bond donors (Lipinski definition) is 0. The van der Waals surface area contributed by atoms with Crippen molar-refractivity contribution in [3.63, 3.8) is 0 Å². The summed E-state index contributed by atoms with van der Waals surface area (Å²) in [4.78, 5) is 14.8. The van der Waals surface area contributed by atoms with Crippen molar-refractivity contribution < 1.29 is 0 Å². The fourth-order valence-electron chi connectivity index (χ4n) is 7.38. The Kier molecular flexibility index (Phi) is 8.08. The SMILES string of the molecule is c1ccc(-c2nc(-c3ccccc3)nc(-c3cccc(-c4ccc(-c5nn6c(-c7ccccc7)cc7ccccc7c6c5-c5ccccc5)cc4)c3)n2)cc1. The first-order valence-corrected chi connectivity index (χ1v) is 18.4. The van der Waals surface area contributed by atoms with E-state index in [2.05, 4.69) is 144 Å². The Morgan fingerprint density at radius 2 is 0.800 bits per heavy atom. The Labute approximate surface area is 318 Å². The normalized spacial score (nSPS) is 11.3. The molecule has 0 bridgehead atoms. The Morgan fingerprint density at radius 3 is 1.42 bits per heavy atom. The van der Waals surface area contributed by atoms with Gasteiger partial charge in [0.25, 0.3) is 0 Å². The molecule has 55 heavy (non-hydrogen) atoms. The van der Waals surface area contributed by atoms with E-state index in [4.69, 9.17) is 20.1 Å². The van der Waals surface area contributed by atoms with Crippen LogP contribution in [-0.4, -0.2) is 24.6 Å². The predicted molar refractivity (Wildman–Crippen MR) is 224 cm³/mol. The minimum absolute atomic E-state index is 0.629. The molecule has 0 saturated carbocycles. The van der Waals surface area contributed by atoms with Gasteiger partial charge in [0.05, 0.1) is 11.2 Å². The first-order valence-electron chi connectivity index (χ1n) is 18.4. The summed E-state index contributed by atoms with van der Waals surface area (Å²) in [7, 11) is 0. The van der Waals surface area contributed by atoms with Gasteiger partial charge in [-0.25, -0.2) is 19.5 Å². The summed E-state index contributed by atoms with van der Waals surface area (Å²) in [6.07, 6.45) is 0. The molecule has 0 saturated heterocycles. The molecular weight excluding hydrogens is 671 g/mol. The zero-order valence-corrected chi connectivity index (χ0v) is 29.8. The van der Waals surface area contributed by atoms with Crippen LogP contribution < -0.4 is 0 Å². The Balaban J connectivity index is 1.09. The second-order valence-corrected chi connectivity index (χ2v) is 13.5. The van der Waals surface area contributed by atoms with Gasteiger partial charge >= 0.3 is 0 Å². The number of hydrogen-bond acceptors (Lipinski definition) is 4. The van der Waals surface area contributed by atoms with Gasteiger partial charge in [0.2, 0.25) is 0 Å². The minimum Gasteiger partial charge on any atom is -0.231 e. The van der Waals surface area contributed by atoms with Crippen molar-refractivity contribution in [2.45, 2.75) is 0 Å². The third-order valence-corrected chi connectivity index (χ3v) is 10.1. The van der Waals surface area contributed by atoms with Gasteiger partial charge in [0.15, 0.2) is 17.5 Å². The summed E-state index contributed by atoms with van der Waals surface area (Å²) in [6, 6.07) is 69.3. The van der Waals surface area contributed by atoms with E-state index >= 15 is 0 Å². The largest absolute Gasteiger partial charge is 0.231 e. The molecular formula is C50H33N5. The molecule has 0 N–H and O–H groups in total. The van der Waals surface area contributed by atoms with Gasteiger partial charge in [-0.3, -0.25) is 0 Å². The lowest BCUT2D eigenvalue weighted by Gasteiger charge is -2.10. The molecule has 0 amide bonds. The van der Waals surface area contributed by atoms with Gasteiger partial charge in [0, 0.05) is 38.8 Å². The maximum absolute atomic E-state index is 5.40. The molecule has 0 radical (unpaired) electrons. The maximum atomic E-state index is 5.40. The Hall–Kier alpha value is -7.50. The second-order valence-electron chi connectivity index (χ2n) is 13.5. The summed E-state index contributed by atoms with van der Waals surface area (Å²) in [5.41, 5.74) is 12.5. The summed E-state index contributed by atoms with van der Waals surface area (Å²) >= 11 is 0. The van der Waals surface area contributed by atoms with E-state index in [1.54, 1.807) is 0 Å².